The van der Waals surface area contributed by atoms with Crippen molar-refractivity contribution >= 4 is 6.29 Å². The first-order chi connectivity index (χ1) is 11.1. The average Bonchev–Trinajstić information content (AvgIpc) is 2.92. The van der Waals surface area contributed by atoms with Gasteiger partial charge < -0.3 is 14.6 Å². The van der Waals surface area contributed by atoms with Crippen molar-refractivity contribution in [3.63, 3.8) is 0 Å². The fraction of sp³-hybridized carbons (Fsp3) is 0.316. The summed E-state index contributed by atoms with van der Waals surface area (Å²) in [6.07, 6.45) is -0.0507. The molecule has 4 heteroatoms. The second-order valence-corrected chi connectivity index (χ2v) is 5.94. The van der Waals surface area contributed by atoms with Gasteiger partial charge in [0.25, 0.3) is 0 Å². The van der Waals surface area contributed by atoms with E-state index in [0.29, 0.717) is 18.8 Å². The Bertz CT molecular complexity index is 700. The zero-order chi connectivity index (χ0) is 16.4. The third-order valence-corrected chi connectivity index (χ3v) is 4.10. The summed E-state index contributed by atoms with van der Waals surface area (Å²) in [6, 6.07) is 11.5. The molecule has 4 nitrogen and oxygen atoms in total. The minimum absolute atomic E-state index is 0.319. The number of benzene rings is 2. The molecule has 1 aliphatic heterocycles. The molecule has 120 valence electrons. The largest absolute Gasteiger partial charge is 0.485 e. The van der Waals surface area contributed by atoms with E-state index in [1.54, 1.807) is 6.07 Å². The Morgan fingerprint density at radius 2 is 1.91 bits per heavy atom. The van der Waals surface area contributed by atoms with Crippen LogP contribution < -0.4 is 4.74 Å². The maximum atomic E-state index is 11.0. The van der Waals surface area contributed by atoms with Crippen LogP contribution in [0, 0.1) is 13.8 Å². The van der Waals surface area contributed by atoms with Crippen LogP contribution in [0.5, 0.6) is 5.75 Å². The fourth-order valence-corrected chi connectivity index (χ4v) is 3.03. The Hall–Kier alpha value is -2.17. The van der Waals surface area contributed by atoms with Crippen molar-refractivity contribution in [2.45, 2.75) is 26.1 Å². The number of hydrogen-bond acceptors (Lipinski definition) is 4. The molecule has 0 aromatic heterocycles. The molecule has 1 fully saturated rings. The fourth-order valence-electron chi connectivity index (χ4n) is 3.03. The summed E-state index contributed by atoms with van der Waals surface area (Å²) in [5.74, 6) is 0.727. The van der Waals surface area contributed by atoms with E-state index >= 15 is 0 Å². The van der Waals surface area contributed by atoms with Gasteiger partial charge in [-0.25, -0.2) is 0 Å². The van der Waals surface area contributed by atoms with E-state index in [4.69, 9.17) is 9.47 Å². The topological polar surface area (TPSA) is 55.8 Å². The van der Waals surface area contributed by atoms with Gasteiger partial charge in [0, 0.05) is 5.56 Å². The minimum atomic E-state index is -0.584. The van der Waals surface area contributed by atoms with Crippen LogP contribution in [0.3, 0.4) is 0 Å². The summed E-state index contributed by atoms with van der Waals surface area (Å²) in [5.41, 5.74) is 4.91. The van der Waals surface area contributed by atoms with Crippen molar-refractivity contribution in [1.82, 2.24) is 0 Å². The number of hydrogen-bond donors (Lipinski definition) is 1. The van der Waals surface area contributed by atoms with Gasteiger partial charge in [-0.05, 0) is 54.3 Å². The standard InChI is InChI=1S/C19H20O4/c1-12-6-16(23-18-11-22-10-17(18)21)7-13(2)19(12)15-5-3-4-14(8-15)9-20/h3-9,17-18,21H,10-11H2,1-2H3/t17-,18-/m0/s1. The summed E-state index contributed by atoms with van der Waals surface area (Å²) in [7, 11) is 0. The molecular formula is C19H20O4. The maximum absolute atomic E-state index is 11.0. The molecule has 0 radical (unpaired) electrons. The smallest absolute Gasteiger partial charge is 0.150 e. The molecule has 23 heavy (non-hydrogen) atoms. The highest BCUT2D eigenvalue weighted by Crippen LogP contribution is 2.32. The van der Waals surface area contributed by atoms with Crippen LogP contribution in [0.25, 0.3) is 11.1 Å². The lowest BCUT2D eigenvalue weighted by atomic mass is 9.94. The lowest BCUT2D eigenvalue weighted by molar-refractivity contribution is 0.0733. The van der Waals surface area contributed by atoms with E-state index in [2.05, 4.69) is 0 Å². The van der Waals surface area contributed by atoms with E-state index in [1.165, 1.54) is 0 Å². The average molecular weight is 312 g/mol. The predicted octanol–water partition coefficient (Wildman–Crippen LogP) is 2.92. The van der Waals surface area contributed by atoms with E-state index in [0.717, 1.165) is 34.3 Å². The van der Waals surface area contributed by atoms with Crippen LogP contribution in [-0.2, 0) is 4.74 Å². The van der Waals surface area contributed by atoms with Crippen LogP contribution in [-0.4, -0.2) is 36.8 Å². The number of carbonyl (C=O) groups excluding carboxylic acids is 1. The Morgan fingerprint density at radius 1 is 1.17 bits per heavy atom. The molecule has 1 aliphatic rings. The molecule has 1 saturated heterocycles. The van der Waals surface area contributed by atoms with E-state index in [-0.39, 0.29) is 6.10 Å². The van der Waals surface area contributed by atoms with Crippen molar-refractivity contribution in [1.29, 1.82) is 0 Å². The number of aryl methyl sites for hydroxylation is 2. The molecule has 0 amide bonds. The van der Waals surface area contributed by atoms with E-state index in [9.17, 15) is 9.90 Å². The van der Waals surface area contributed by atoms with Crippen LogP contribution in [0.2, 0.25) is 0 Å². The highest BCUT2D eigenvalue weighted by atomic mass is 16.6. The van der Waals surface area contributed by atoms with Gasteiger partial charge in [-0.2, -0.15) is 0 Å². The van der Waals surface area contributed by atoms with Gasteiger partial charge in [-0.15, -0.1) is 0 Å². The lowest BCUT2D eigenvalue weighted by Crippen LogP contribution is -2.29. The highest BCUT2D eigenvalue weighted by molar-refractivity contribution is 5.80. The number of aliphatic hydroxyl groups excluding tert-OH is 1. The lowest BCUT2D eigenvalue weighted by Gasteiger charge is -2.18. The van der Waals surface area contributed by atoms with Crippen molar-refractivity contribution in [3.8, 4) is 16.9 Å². The zero-order valence-corrected chi connectivity index (χ0v) is 13.3. The number of ether oxygens (including phenoxy) is 2. The first-order valence-electron chi connectivity index (χ1n) is 7.68. The van der Waals surface area contributed by atoms with Gasteiger partial charge in [-0.3, -0.25) is 4.79 Å². The quantitative estimate of drug-likeness (QED) is 0.882. The van der Waals surface area contributed by atoms with Crippen molar-refractivity contribution in [2.24, 2.45) is 0 Å². The normalized spacial score (nSPS) is 20.5. The highest BCUT2D eigenvalue weighted by Gasteiger charge is 2.28. The molecule has 0 aliphatic carbocycles. The Kier molecular flexibility index (Phi) is 4.46. The van der Waals surface area contributed by atoms with E-state index < -0.39 is 6.10 Å². The predicted molar refractivity (Wildman–Crippen MR) is 88.0 cm³/mol. The summed E-state index contributed by atoms with van der Waals surface area (Å²) < 4.78 is 11.1. The Balaban J connectivity index is 1.92. The van der Waals surface area contributed by atoms with Gasteiger partial charge in [0.1, 0.15) is 24.2 Å². The second-order valence-electron chi connectivity index (χ2n) is 5.94. The summed E-state index contributed by atoms with van der Waals surface area (Å²) >= 11 is 0. The molecule has 2 atom stereocenters. The second kappa shape index (κ2) is 6.52. The molecule has 1 heterocycles. The number of aliphatic hydroxyl groups is 1. The Labute approximate surface area is 135 Å². The summed E-state index contributed by atoms with van der Waals surface area (Å²) in [4.78, 5) is 11.0. The van der Waals surface area contributed by atoms with Crippen LogP contribution in [0.15, 0.2) is 36.4 Å². The molecule has 0 saturated carbocycles. The van der Waals surface area contributed by atoms with E-state index in [1.807, 2.05) is 44.2 Å². The van der Waals surface area contributed by atoms with Crippen molar-refractivity contribution in [2.75, 3.05) is 13.2 Å². The number of aldehydes is 1. The molecule has 0 unspecified atom stereocenters. The number of carbonyl (C=O) groups is 1. The molecule has 2 aromatic carbocycles. The van der Waals surface area contributed by atoms with Gasteiger partial charge in [-0.1, -0.05) is 18.2 Å². The molecular weight excluding hydrogens is 292 g/mol. The number of rotatable bonds is 4. The third-order valence-electron chi connectivity index (χ3n) is 4.10. The molecule has 3 rings (SSSR count). The first kappa shape index (κ1) is 15.7. The van der Waals surface area contributed by atoms with Crippen LogP contribution >= 0.6 is 0 Å². The van der Waals surface area contributed by atoms with Gasteiger partial charge >= 0.3 is 0 Å². The monoisotopic (exact) mass is 312 g/mol. The maximum Gasteiger partial charge on any atom is 0.150 e. The van der Waals surface area contributed by atoms with Crippen LogP contribution in [0.1, 0.15) is 21.5 Å². The van der Waals surface area contributed by atoms with Gasteiger partial charge in [0.15, 0.2) is 0 Å². The SMILES string of the molecule is Cc1cc(O[C@H]2COC[C@@H]2O)cc(C)c1-c1cccc(C=O)c1. The molecule has 0 spiro atoms. The van der Waals surface area contributed by atoms with Gasteiger partial charge in [0.2, 0.25) is 0 Å². The minimum Gasteiger partial charge on any atom is -0.485 e. The van der Waals surface area contributed by atoms with Crippen LogP contribution in [0.4, 0.5) is 0 Å². The summed E-state index contributed by atoms with van der Waals surface area (Å²) in [5, 5.41) is 9.80. The van der Waals surface area contributed by atoms with Crippen molar-refractivity contribution < 1.29 is 19.4 Å². The Morgan fingerprint density at radius 3 is 2.52 bits per heavy atom. The molecule has 1 N–H and O–H groups in total. The third kappa shape index (κ3) is 3.28. The van der Waals surface area contributed by atoms with Crippen molar-refractivity contribution in [3.05, 3.63) is 53.1 Å². The molecule has 0 bridgehead atoms. The zero-order valence-electron chi connectivity index (χ0n) is 13.3. The van der Waals surface area contributed by atoms with Gasteiger partial charge in [0.05, 0.1) is 13.2 Å². The summed E-state index contributed by atoms with van der Waals surface area (Å²) in [6.45, 7) is 4.76. The molecule has 2 aromatic rings. The first-order valence-corrected chi connectivity index (χ1v) is 7.68.